The number of hydrogen-bond acceptors (Lipinski definition) is 6. The number of thiophene rings is 1. The lowest BCUT2D eigenvalue weighted by atomic mass is 10.2. The largest absolute Gasteiger partial charge is 0.494 e. The molecule has 5 aromatic rings. The molecule has 0 aliphatic rings. The lowest BCUT2D eigenvalue weighted by Crippen LogP contribution is -2.25. The fourth-order valence-corrected chi connectivity index (χ4v) is 6.27. The third-order valence-electron chi connectivity index (χ3n) is 4.96. The minimum absolute atomic E-state index is 0.327. The van der Waals surface area contributed by atoms with Crippen LogP contribution >= 0.6 is 50.2 Å². The Balaban J connectivity index is 1.56. The maximum absolute atomic E-state index is 13.7. The molecule has 0 saturated heterocycles. The van der Waals surface area contributed by atoms with Gasteiger partial charge in [0.2, 0.25) is 5.13 Å². The topological polar surface area (TPSA) is 54.8 Å². The number of carbonyl (C=O) groups is 1. The molecular formula is C25H17BrClN3O2S2. The zero-order valence-electron chi connectivity index (χ0n) is 17.9. The molecule has 0 atom stereocenters. The Morgan fingerprint density at radius 2 is 1.91 bits per heavy atom. The van der Waals surface area contributed by atoms with Gasteiger partial charge in [0.05, 0.1) is 28.1 Å². The van der Waals surface area contributed by atoms with Crippen molar-refractivity contribution in [3.8, 4) is 5.75 Å². The fraction of sp³-hybridized carbons (Fsp3) is 0.0800. The molecule has 2 aromatic heterocycles. The number of rotatable bonds is 6. The Labute approximate surface area is 217 Å². The molecule has 170 valence electrons. The van der Waals surface area contributed by atoms with Crippen LogP contribution in [-0.4, -0.2) is 23.7 Å². The summed E-state index contributed by atoms with van der Waals surface area (Å²) in [5.74, 6) is 0.452. The van der Waals surface area contributed by atoms with Gasteiger partial charge in [0.1, 0.15) is 10.6 Å². The van der Waals surface area contributed by atoms with Gasteiger partial charge in [-0.1, -0.05) is 57.1 Å². The van der Waals surface area contributed by atoms with Gasteiger partial charge < -0.3 is 4.74 Å². The van der Waals surface area contributed by atoms with Crippen LogP contribution in [0.1, 0.15) is 22.2 Å². The maximum atomic E-state index is 13.7. The molecule has 9 heteroatoms. The molecule has 5 nitrogen and oxygen atoms in total. The molecule has 3 aromatic carbocycles. The van der Waals surface area contributed by atoms with Crippen LogP contribution in [-0.2, 0) is 0 Å². The number of thiazole rings is 1. The van der Waals surface area contributed by atoms with Crippen molar-refractivity contribution in [2.75, 3.05) is 11.6 Å². The standard InChI is InChI=1S/C25H17BrClN3O2S2/c1-2-32-17-10-7-15(8-11-17)14-28-30(25-29-19-12-9-16(26)13-21(19)34-25)24(31)23-22(27)18-5-3-4-6-20(18)33-23/h3-14H,2H2,1H3/b28-14+. The SMILES string of the molecule is CCOc1ccc(/C=N/N(C(=O)c2sc3ccccc3c2Cl)c2nc3ccc(Br)cc3s2)cc1. The normalized spacial score (nSPS) is 11.5. The molecule has 1 amide bonds. The molecule has 2 heterocycles. The Morgan fingerprint density at radius 1 is 1.12 bits per heavy atom. The zero-order valence-corrected chi connectivity index (χ0v) is 21.8. The van der Waals surface area contributed by atoms with E-state index < -0.39 is 0 Å². The molecule has 0 unspecified atom stereocenters. The van der Waals surface area contributed by atoms with Crippen molar-refractivity contribution in [3.63, 3.8) is 0 Å². The predicted molar refractivity (Wildman–Crippen MR) is 146 cm³/mol. The molecule has 0 spiro atoms. The summed E-state index contributed by atoms with van der Waals surface area (Å²) in [4.78, 5) is 18.8. The predicted octanol–water partition coefficient (Wildman–Crippen LogP) is 8.01. The summed E-state index contributed by atoms with van der Waals surface area (Å²) in [6, 6.07) is 21.0. The van der Waals surface area contributed by atoms with E-state index in [9.17, 15) is 4.79 Å². The minimum Gasteiger partial charge on any atom is -0.494 e. The summed E-state index contributed by atoms with van der Waals surface area (Å²) in [6.07, 6.45) is 1.64. The van der Waals surface area contributed by atoms with Gasteiger partial charge in [0, 0.05) is 14.6 Å². The highest BCUT2D eigenvalue weighted by Gasteiger charge is 2.26. The molecule has 0 aliphatic carbocycles. The number of hydrogen-bond donors (Lipinski definition) is 0. The molecule has 0 bridgehead atoms. The quantitative estimate of drug-likeness (QED) is 0.153. The second-order valence-electron chi connectivity index (χ2n) is 7.21. The van der Waals surface area contributed by atoms with Gasteiger partial charge in [-0.2, -0.15) is 10.1 Å². The van der Waals surface area contributed by atoms with Crippen LogP contribution in [0.3, 0.4) is 0 Å². The first-order valence-electron chi connectivity index (χ1n) is 10.4. The zero-order chi connectivity index (χ0) is 23.7. The van der Waals surface area contributed by atoms with E-state index in [-0.39, 0.29) is 5.91 Å². The molecular weight excluding hydrogens is 554 g/mol. The molecule has 0 aliphatic heterocycles. The average molecular weight is 571 g/mol. The number of benzene rings is 3. The van der Waals surface area contributed by atoms with Crippen LogP contribution in [0.4, 0.5) is 5.13 Å². The van der Waals surface area contributed by atoms with Crippen LogP contribution in [0.5, 0.6) is 5.75 Å². The lowest BCUT2D eigenvalue weighted by molar-refractivity contribution is 0.0992. The number of hydrazone groups is 1. The Morgan fingerprint density at radius 3 is 2.68 bits per heavy atom. The van der Waals surface area contributed by atoms with Gasteiger partial charge in [-0.3, -0.25) is 4.79 Å². The number of aromatic nitrogens is 1. The van der Waals surface area contributed by atoms with E-state index in [1.54, 1.807) is 6.21 Å². The number of amides is 1. The monoisotopic (exact) mass is 569 g/mol. The fourth-order valence-electron chi connectivity index (χ4n) is 3.35. The van der Waals surface area contributed by atoms with Crippen LogP contribution in [0.2, 0.25) is 5.02 Å². The molecule has 34 heavy (non-hydrogen) atoms. The van der Waals surface area contributed by atoms with Crippen LogP contribution in [0, 0.1) is 0 Å². The van der Waals surface area contributed by atoms with Crippen molar-refractivity contribution in [2.45, 2.75) is 6.92 Å². The van der Waals surface area contributed by atoms with Gasteiger partial charge in [0.15, 0.2) is 0 Å². The summed E-state index contributed by atoms with van der Waals surface area (Å²) in [7, 11) is 0. The Bertz CT molecular complexity index is 1530. The van der Waals surface area contributed by atoms with E-state index >= 15 is 0 Å². The number of carbonyl (C=O) groups excluding carboxylic acids is 1. The number of fused-ring (bicyclic) bond motifs is 2. The summed E-state index contributed by atoms with van der Waals surface area (Å²) < 4.78 is 8.33. The van der Waals surface area contributed by atoms with Crippen molar-refractivity contribution < 1.29 is 9.53 Å². The Kier molecular flexibility index (Phi) is 6.65. The van der Waals surface area contributed by atoms with E-state index in [0.29, 0.717) is 21.6 Å². The third kappa shape index (κ3) is 4.59. The first kappa shape index (κ1) is 23.0. The number of nitrogens with zero attached hydrogens (tertiary/aromatic N) is 3. The van der Waals surface area contributed by atoms with Gasteiger partial charge in [-0.25, -0.2) is 4.98 Å². The second-order valence-corrected chi connectivity index (χ2v) is 10.6. The van der Waals surface area contributed by atoms with Gasteiger partial charge in [-0.15, -0.1) is 11.3 Å². The van der Waals surface area contributed by atoms with Crippen molar-refractivity contribution in [3.05, 3.63) is 86.7 Å². The Hall–Kier alpha value is -2.78. The first-order valence-corrected chi connectivity index (χ1v) is 13.2. The van der Waals surface area contributed by atoms with Crippen molar-refractivity contribution in [1.82, 2.24) is 4.98 Å². The number of ether oxygens (including phenoxy) is 1. The van der Waals surface area contributed by atoms with E-state index in [1.807, 2.05) is 73.7 Å². The summed E-state index contributed by atoms with van der Waals surface area (Å²) >= 11 is 12.9. The van der Waals surface area contributed by atoms with Crippen molar-refractivity contribution >= 4 is 87.8 Å². The molecule has 0 fully saturated rings. The molecule has 0 saturated carbocycles. The van der Waals surface area contributed by atoms with Crippen LogP contribution in [0.15, 0.2) is 76.3 Å². The van der Waals surface area contributed by atoms with E-state index in [1.165, 1.54) is 27.7 Å². The number of halogens is 2. The summed E-state index contributed by atoms with van der Waals surface area (Å²) in [5.41, 5.74) is 1.62. The van der Waals surface area contributed by atoms with Gasteiger partial charge >= 0.3 is 0 Å². The third-order valence-corrected chi connectivity index (χ3v) is 8.11. The number of anilines is 1. The van der Waals surface area contributed by atoms with Crippen molar-refractivity contribution in [2.24, 2.45) is 5.10 Å². The highest BCUT2D eigenvalue weighted by atomic mass is 79.9. The minimum atomic E-state index is -0.327. The smallest absolute Gasteiger partial charge is 0.292 e. The highest BCUT2D eigenvalue weighted by molar-refractivity contribution is 9.10. The van der Waals surface area contributed by atoms with Crippen molar-refractivity contribution in [1.29, 1.82) is 0 Å². The highest BCUT2D eigenvalue weighted by Crippen LogP contribution is 2.38. The van der Waals surface area contributed by atoms with Crippen LogP contribution < -0.4 is 9.75 Å². The van der Waals surface area contributed by atoms with E-state index in [4.69, 9.17) is 16.3 Å². The second kappa shape index (κ2) is 9.84. The summed E-state index contributed by atoms with van der Waals surface area (Å²) in [6.45, 7) is 2.54. The molecule has 5 rings (SSSR count). The average Bonchev–Trinajstić information content (AvgIpc) is 3.41. The summed E-state index contributed by atoms with van der Waals surface area (Å²) in [5, 5.41) is 7.61. The van der Waals surface area contributed by atoms with Gasteiger partial charge in [0.25, 0.3) is 5.91 Å². The van der Waals surface area contributed by atoms with Gasteiger partial charge in [-0.05, 0) is 61.0 Å². The molecule has 0 N–H and O–H groups in total. The lowest BCUT2D eigenvalue weighted by Gasteiger charge is -2.13. The molecule has 0 radical (unpaired) electrons. The maximum Gasteiger partial charge on any atom is 0.292 e. The van der Waals surface area contributed by atoms with E-state index in [2.05, 4.69) is 26.0 Å². The van der Waals surface area contributed by atoms with E-state index in [0.717, 1.165) is 36.1 Å². The van der Waals surface area contributed by atoms with Crippen LogP contribution in [0.25, 0.3) is 20.3 Å². The first-order chi connectivity index (χ1) is 16.5.